The second-order valence-corrected chi connectivity index (χ2v) is 34.5. The minimum Gasteiger partial charge on any atom is -0.466 e. The first-order valence-electron chi connectivity index (χ1n) is 48.8. The van der Waals surface area contributed by atoms with Crippen LogP contribution in [0.4, 0.5) is 22.7 Å². The molecule has 18 heteroatoms. The van der Waals surface area contributed by atoms with Crippen LogP contribution in [-0.2, 0) is 38.1 Å². The van der Waals surface area contributed by atoms with Crippen molar-refractivity contribution in [2.75, 3.05) is 114 Å². The fourth-order valence-electron chi connectivity index (χ4n) is 16.3. The number of carbonyl (C=O) groups excluding carboxylic acids is 4. The topological polar surface area (TPSA) is 228 Å². The average Bonchev–Trinajstić information content (AvgIpc) is 0.794. The van der Waals surface area contributed by atoms with Crippen molar-refractivity contribution >= 4 is 46.6 Å². The predicted octanol–water partition coefficient (Wildman–Crippen LogP) is 23.6. The molecule has 0 saturated heterocycles. The lowest BCUT2D eigenvalue weighted by atomic mass is 9.92. The van der Waals surface area contributed by atoms with Gasteiger partial charge in [-0.15, -0.1) is 0 Å². The van der Waals surface area contributed by atoms with Gasteiger partial charge in [0, 0.05) is 52.4 Å². The van der Waals surface area contributed by atoms with Crippen molar-refractivity contribution in [3.63, 3.8) is 0 Å². The molecule has 0 saturated carbocycles. The van der Waals surface area contributed by atoms with Crippen molar-refractivity contribution in [1.82, 2.24) is 9.80 Å². The highest BCUT2D eigenvalue weighted by Crippen LogP contribution is 2.26. The highest BCUT2D eigenvalue weighted by Gasteiger charge is 2.23. The second kappa shape index (κ2) is 75.4. The van der Waals surface area contributed by atoms with Crippen molar-refractivity contribution in [3.05, 3.63) is 40.9 Å². The maximum atomic E-state index is 13.1. The Morgan fingerprint density at radius 3 is 0.783 bits per heavy atom. The monoisotopic (exact) mass is 1620 g/mol. The minimum atomic E-state index is -0.459. The smallest absolute Gasteiger partial charge is 0.305 e. The van der Waals surface area contributed by atoms with Gasteiger partial charge in [0.05, 0.1) is 26.4 Å². The number of rotatable bonds is 88. The van der Waals surface area contributed by atoms with Gasteiger partial charge >= 0.3 is 23.9 Å². The summed E-state index contributed by atoms with van der Waals surface area (Å²) in [6, 6.07) is 0. The zero-order valence-corrected chi connectivity index (χ0v) is 75.7. The van der Waals surface area contributed by atoms with Crippen molar-refractivity contribution in [2.24, 2.45) is 23.7 Å². The molecule has 0 aromatic heterocycles. The predicted molar refractivity (Wildman–Crippen MR) is 485 cm³/mol. The maximum Gasteiger partial charge on any atom is 0.305 e. The Kier molecular flexibility index (Phi) is 69.6. The van der Waals surface area contributed by atoms with Crippen LogP contribution in [-0.4, -0.2) is 126 Å². The Balaban J connectivity index is 1.79. The van der Waals surface area contributed by atoms with E-state index >= 15 is 0 Å². The molecule has 0 radical (unpaired) electrons. The molecule has 0 fully saturated rings. The standard InChI is InChI=1S/C97H178N6O12/c1-9-16-37-56-82(57-38-17-10-2)68-78-112-86(104)64-45-27-23-33-50-74-103(75-53-36-25-29-47-66-88(106)114-80-84(60-41-20-13-5)61-42-21-14-6)77-55-71-101-93-92(96(110)97(93)111)99-69-49-32-31-44-63-85(62-43-22-15-7)81-115-89(107)67-48-30-26-35-52-73-102(76-54-70-100-91-90(98-8)94(108)95(91)109)72-51-34-24-28-46-65-87(105)113-79-83(58-39-18-11-3)59-40-19-12-4/h82-85,98-101H,9-81H2,1-8H3. The maximum absolute atomic E-state index is 13.1. The summed E-state index contributed by atoms with van der Waals surface area (Å²) in [5.41, 5.74) is -0.183. The van der Waals surface area contributed by atoms with Gasteiger partial charge in [-0.2, -0.15) is 0 Å². The molecule has 4 N–H and O–H groups in total. The van der Waals surface area contributed by atoms with Crippen molar-refractivity contribution in [2.45, 2.75) is 434 Å². The Labute approximate surface area is 702 Å². The minimum absolute atomic E-state index is 0.0449. The third-order valence-electron chi connectivity index (χ3n) is 24.0. The lowest BCUT2D eigenvalue weighted by Gasteiger charge is -2.23. The van der Waals surface area contributed by atoms with Crippen molar-refractivity contribution in [1.29, 1.82) is 0 Å². The van der Waals surface area contributed by atoms with Gasteiger partial charge in [-0.05, 0) is 179 Å². The molecule has 0 amide bonds. The summed E-state index contributed by atoms with van der Waals surface area (Å²) in [6.45, 7) is 25.5. The normalized spacial score (nSPS) is 12.0. The highest BCUT2D eigenvalue weighted by atomic mass is 16.5. The van der Waals surface area contributed by atoms with E-state index in [2.05, 4.69) is 79.5 Å². The summed E-state index contributed by atoms with van der Waals surface area (Å²) in [5, 5.41) is 12.7. The molecule has 2 rings (SSSR count). The molecule has 2 aromatic carbocycles. The van der Waals surface area contributed by atoms with E-state index in [0.717, 1.165) is 264 Å². The van der Waals surface area contributed by atoms with Crippen LogP contribution < -0.4 is 43.0 Å². The number of hydrogen-bond donors (Lipinski definition) is 4. The number of anilines is 4. The third-order valence-corrected chi connectivity index (χ3v) is 24.0. The van der Waals surface area contributed by atoms with Gasteiger partial charge < -0.3 is 50.0 Å². The van der Waals surface area contributed by atoms with Gasteiger partial charge in [0.1, 0.15) is 22.7 Å². The fraction of sp³-hybridized carbons (Fsp3) is 0.876. The molecule has 0 spiro atoms. The Bertz CT molecular complexity index is 2750. The van der Waals surface area contributed by atoms with Gasteiger partial charge in [0.2, 0.25) is 0 Å². The number of carbonyl (C=O) groups is 4. The summed E-state index contributed by atoms with van der Waals surface area (Å²) >= 11 is 0. The molecule has 1 unspecified atom stereocenters. The van der Waals surface area contributed by atoms with Crippen LogP contribution in [0.3, 0.4) is 0 Å². The molecule has 0 aliphatic heterocycles. The SMILES string of the molecule is CCCCCC(CCCCC)CCOC(=O)CCCCCCCN(CCCCCCCC(=O)OCC(CCCCC)CCCCC)CCCNc1c(NCCCCCCC(CCCCC)COC(=O)CCCCCCCN(CCCCCCCC(=O)OCC(CCCCC)CCCCC)CCCNc2c(NC)c(=O)c2=O)c(=O)c1=O. The lowest BCUT2D eigenvalue weighted by Crippen LogP contribution is -2.38. The Morgan fingerprint density at radius 1 is 0.252 bits per heavy atom. The molecule has 2 aromatic rings. The van der Waals surface area contributed by atoms with Gasteiger partial charge in [0.25, 0.3) is 21.7 Å². The van der Waals surface area contributed by atoms with Gasteiger partial charge in [-0.25, -0.2) is 0 Å². The molecule has 668 valence electrons. The zero-order chi connectivity index (χ0) is 83.7. The largest absolute Gasteiger partial charge is 0.466 e. The quantitative estimate of drug-likeness (QED) is 0.0209. The van der Waals surface area contributed by atoms with Gasteiger partial charge in [-0.1, -0.05) is 292 Å². The molecular formula is C97H178N6O12. The Hall–Kier alpha value is -4.84. The van der Waals surface area contributed by atoms with Crippen LogP contribution in [0.25, 0.3) is 0 Å². The summed E-state index contributed by atoms with van der Waals surface area (Å²) in [5.74, 6) is 1.74. The lowest BCUT2D eigenvalue weighted by molar-refractivity contribution is -0.146. The molecule has 0 aliphatic rings. The van der Waals surface area contributed by atoms with Crippen LogP contribution in [0.5, 0.6) is 0 Å². The zero-order valence-electron chi connectivity index (χ0n) is 75.7. The van der Waals surface area contributed by atoms with Crippen LogP contribution in [0.1, 0.15) is 434 Å². The van der Waals surface area contributed by atoms with E-state index in [-0.39, 0.29) is 23.9 Å². The summed E-state index contributed by atoms with van der Waals surface area (Å²) < 4.78 is 23.3. The number of nitrogens with zero attached hydrogens (tertiary/aromatic N) is 2. The van der Waals surface area contributed by atoms with Crippen LogP contribution in [0.2, 0.25) is 0 Å². The molecule has 18 nitrogen and oxygen atoms in total. The van der Waals surface area contributed by atoms with Crippen LogP contribution in [0, 0.1) is 23.7 Å². The molecule has 0 bridgehead atoms. The van der Waals surface area contributed by atoms with Gasteiger partial charge in [-0.3, -0.25) is 38.4 Å². The summed E-state index contributed by atoms with van der Waals surface area (Å²) in [4.78, 5) is 106. The number of ether oxygens (including phenoxy) is 4. The van der Waals surface area contributed by atoms with E-state index in [1.807, 2.05) is 0 Å². The first-order chi connectivity index (χ1) is 56.2. The average molecular weight is 1620 g/mol. The second-order valence-electron chi connectivity index (χ2n) is 34.5. The Morgan fingerprint density at radius 2 is 0.478 bits per heavy atom. The summed E-state index contributed by atoms with van der Waals surface area (Å²) in [7, 11) is 1.66. The highest BCUT2D eigenvalue weighted by molar-refractivity contribution is 5.75. The van der Waals surface area contributed by atoms with Gasteiger partial charge in [0.15, 0.2) is 0 Å². The number of hydrogen-bond acceptors (Lipinski definition) is 18. The van der Waals surface area contributed by atoms with E-state index in [9.17, 15) is 38.4 Å². The summed E-state index contributed by atoms with van der Waals surface area (Å²) in [6.07, 6.45) is 64.1. The van der Waals surface area contributed by atoms with E-state index in [1.165, 1.54) is 135 Å². The fourth-order valence-corrected chi connectivity index (χ4v) is 16.3. The number of esters is 4. The van der Waals surface area contributed by atoms with Crippen molar-refractivity contribution < 1.29 is 38.1 Å². The first kappa shape index (κ1) is 106. The molecule has 0 heterocycles. The van der Waals surface area contributed by atoms with E-state index < -0.39 is 21.7 Å². The third kappa shape index (κ3) is 56.3. The van der Waals surface area contributed by atoms with Crippen molar-refractivity contribution in [3.8, 4) is 0 Å². The van der Waals surface area contributed by atoms with E-state index in [0.29, 0.717) is 118 Å². The molecule has 115 heavy (non-hydrogen) atoms. The van der Waals surface area contributed by atoms with E-state index in [1.54, 1.807) is 7.05 Å². The molecule has 0 aliphatic carbocycles. The van der Waals surface area contributed by atoms with E-state index in [4.69, 9.17) is 18.9 Å². The number of unbranched alkanes of at least 4 members (excludes halogenated alkanes) is 33. The number of nitrogens with one attached hydrogen (secondary N) is 4. The van der Waals surface area contributed by atoms with Crippen LogP contribution >= 0.6 is 0 Å². The van der Waals surface area contributed by atoms with Crippen LogP contribution in [0.15, 0.2) is 19.2 Å². The first-order valence-corrected chi connectivity index (χ1v) is 48.8. The molecular weight excluding hydrogens is 1440 g/mol. The molecule has 1 atom stereocenters.